The van der Waals surface area contributed by atoms with Crippen LogP contribution in [0.4, 0.5) is 17.5 Å². The maximum Gasteiger partial charge on any atom is 0.247 e. The minimum atomic E-state index is 0.260. The predicted molar refractivity (Wildman–Crippen MR) is 111 cm³/mol. The smallest absolute Gasteiger partial charge is 0.247 e. The van der Waals surface area contributed by atoms with E-state index in [1.807, 2.05) is 6.07 Å². The topological polar surface area (TPSA) is 45.2 Å². The molecule has 5 nitrogen and oxygen atoms in total. The molecule has 0 aliphatic heterocycles. The van der Waals surface area contributed by atoms with Gasteiger partial charge in [0.25, 0.3) is 0 Å². The third-order valence-corrected chi connectivity index (χ3v) is 4.52. The summed E-state index contributed by atoms with van der Waals surface area (Å²) in [6.07, 6.45) is 1.73. The molecule has 0 bridgehead atoms. The number of hydrogen-bond acceptors (Lipinski definition) is 5. The van der Waals surface area contributed by atoms with E-state index in [0.29, 0.717) is 5.95 Å². The van der Waals surface area contributed by atoms with Crippen LogP contribution in [-0.4, -0.2) is 27.8 Å². The maximum atomic E-state index is 4.85. The first-order valence-corrected chi connectivity index (χ1v) is 9.43. The number of anilines is 3. The summed E-state index contributed by atoms with van der Waals surface area (Å²) in [6.45, 7) is 10.1. The molecule has 1 heterocycles. The Hall–Kier alpha value is -2.95. The van der Waals surface area contributed by atoms with Gasteiger partial charge in [-0.1, -0.05) is 42.5 Å². The summed E-state index contributed by atoms with van der Waals surface area (Å²) in [5.74, 6) is 1.46. The fourth-order valence-corrected chi connectivity index (χ4v) is 3.07. The fourth-order valence-electron chi connectivity index (χ4n) is 3.07. The molecule has 0 saturated heterocycles. The number of aryl methyl sites for hydroxylation is 1. The molecule has 0 atom stereocenters. The lowest BCUT2D eigenvalue weighted by atomic mass is 10.2. The van der Waals surface area contributed by atoms with Crippen molar-refractivity contribution in [3.63, 3.8) is 0 Å². The Labute approximate surface area is 161 Å². The molecule has 2 aromatic carbocycles. The zero-order chi connectivity index (χ0) is 19.2. The lowest BCUT2D eigenvalue weighted by Crippen LogP contribution is -2.32. The van der Waals surface area contributed by atoms with E-state index in [1.165, 1.54) is 11.1 Å². The first-order chi connectivity index (χ1) is 13.1. The third-order valence-electron chi connectivity index (χ3n) is 4.52. The monoisotopic (exact) mass is 361 g/mol. The van der Waals surface area contributed by atoms with Gasteiger partial charge in [0, 0.05) is 24.8 Å². The van der Waals surface area contributed by atoms with Crippen molar-refractivity contribution in [2.75, 3.05) is 16.3 Å². The zero-order valence-electron chi connectivity index (χ0n) is 16.5. The van der Waals surface area contributed by atoms with E-state index in [9.17, 15) is 0 Å². The van der Waals surface area contributed by atoms with Gasteiger partial charge in [0.2, 0.25) is 5.95 Å². The average molecular weight is 361 g/mol. The molecule has 0 N–H and O–H groups in total. The van der Waals surface area contributed by atoms with E-state index in [2.05, 4.69) is 96.2 Å². The Morgan fingerprint density at radius 3 is 2.44 bits per heavy atom. The normalized spacial score (nSPS) is 10.9. The number of benzene rings is 2. The number of hydrogen-bond donors (Lipinski definition) is 0. The van der Waals surface area contributed by atoms with Crippen LogP contribution in [0, 0.1) is 6.92 Å². The Bertz CT molecular complexity index is 863. The number of aromatic nitrogens is 3. The second-order valence-corrected chi connectivity index (χ2v) is 6.91. The number of rotatable bonds is 7. The largest absolute Gasteiger partial charge is 0.333 e. The van der Waals surface area contributed by atoms with Crippen LogP contribution >= 0.6 is 0 Å². The Kier molecular flexibility index (Phi) is 6.01. The van der Waals surface area contributed by atoms with E-state index >= 15 is 0 Å². The van der Waals surface area contributed by atoms with Crippen molar-refractivity contribution in [1.29, 1.82) is 0 Å². The second-order valence-electron chi connectivity index (χ2n) is 6.91. The highest BCUT2D eigenvalue weighted by Gasteiger charge is 2.17. The van der Waals surface area contributed by atoms with Gasteiger partial charge in [-0.25, -0.2) is 0 Å². The van der Waals surface area contributed by atoms with Crippen LogP contribution in [0.5, 0.6) is 0 Å². The van der Waals surface area contributed by atoms with Crippen LogP contribution in [0.25, 0.3) is 0 Å². The van der Waals surface area contributed by atoms with E-state index in [-0.39, 0.29) is 6.04 Å². The Morgan fingerprint density at radius 2 is 1.78 bits per heavy atom. The molecule has 0 radical (unpaired) electrons. The lowest BCUT2D eigenvalue weighted by molar-refractivity contribution is 0.651. The van der Waals surface area contributed by atoms with Crippen molar-refractivity contribution in [1.82, 2.24) is 15.2 Å². The lowest BCUT2D eigenvalue weighted by Gasteiger charge is -2.28. The molecule has 0 amide bonds. The van der Waals surface area contributed by atoms with Crippen LogP contribution in [0.2, 0.25) is 0 Å². The summed E-state index contributed by atoms with van der Waals surface area (Å²) in [5, 5.41) is 8.57. The highest BCUT2D eigenvalue weighted by molar-refractivity contribution is 5.60. The van der Waals surface area contributed by atoms with Crippen LogP contribution in [0.15, 0.2) is 60.8 Å². The van der Waals surface area contributed by atoms with Gasteiger partial charge in [0.15, 0.2) is 5.82 Å². The first kappa shape index (κ1) is 18.8. The van der Waals surface area contributed by atoms with Crippen molar-refractivity contribution >= 4 is 17.5 Å². The first-order valence-electron chi connectivity index (χ1n) is 9.43. The summed E-state index contributed by atoms with van der Waals surface area (Å²) in [5.41, 5.74) is 3.57. The highest BCUT2D eigenvalue weighted by Crippen LogP contribution is 2.25. The van der Waals surface area contributed by atoms with Gasteiger partial charge in [-0.2, -0.15) is 10.1 Å². The molecular formula is C22H27N5. The van der Waals surface area contributed by atoms with Gasteiger partial charge < -0.3 is 9.80 Å². The summed E-state index contributed by atoms with van der Waals surface area (Å²) in [6, 6.07) is 19.1. The van der Waals surface area contributed by atoms with Gasteiger partial charge >= 0.3 is 0 Å². The van der Waals surface area contributed by atoms with Gasteiger partial charge in [-0.05, 0) is 51.0 Å². The van der Waals surface area contributed by atoms with Crippen molar-refractivity contribution in [2.45, 2.75) is 40.3 Å². The van der Waals surface area contributed by atoms with Crippen LogP contribution in [-0.2, 0) is 6.54 Å². The van der Waals surface area contributed by atoms with Crippen LogP contribution < -0.4 is 9.80 Å². The van der Waals surface area contributed by atoms with Gasteiger partial charge in [-0.3, -0.25) is 0 Å². The number of nitrogens with zero attached hydrogens (tertiary/aromatic N) is 5. The zero-order valence-corrected chi connectivity index (χ0v) is 16.5. The van der Waals surface area contributed by atoms with Crippen LogP contribution in [0.3, 0.4) is 0 Å². The molecule has 27 heavy (non-hydrogen) atoms. The molecule has 0 spiro atoms. The summed E-state index contributed by atoms with van der Waals surface area (Å²) < 4.78 is 0. The summed E-state index contributed by atoms with van der Waals surface area (Å²) >= 11 is 0. The maximum absolute atomic E-state index is 4.85. The van der Waals surface area contributed by atoms with Gasteiger partial charge in [0.05, 0.1) is 6.20 Å². The molecular weight excluding hydrogens is 334 g/mol. The quantitative estimate of drug-likeness (QED) is 0.607. The van der Waals surface area contributed by atoms with Crippen molar-refractivity contribution in [2.24, 2.45) is 0 Å². The van der Waals surface area contributed by atoms with Crippen molar-refractivity contribution in [3.05, 3.63) is 71.9 Å². The van der Waals surface area contributed by atoms with E-state index in [4.69, 9.17) is 4.98 Å². The SMILES string of the molecule is CCN(c1cccc(C)c1)c1cnnc(N(Cc2ccccc2)C(C)C)n1. The van der Waals surface area contributed by atoms with E-state index in [0.717, 1.165) is 24.6 Å². The standard InChI is InChI=1S/C22H27N5/c1-5-26(20-13-9-10-18(4)14-20)21-15-23-25-22(24-21)27(17(2)3)16-19-11-7-6-8-12-19/h6-15,17H,5,16H2,1-4H3. The van der Waals surface area contributed by atoms with Crippen molar-refractivity contribution in [3.8, 4) is 0 Å². The average Bonchev–Trinajstić information content (AvgIpc) is 2.68. The Balaban J connectivity index is 1.92. The fraction of sp³-hybridized carbons (Fsp3) is 0.318. The van der Waals surface area contributed by atoms with Crippen LogP contribution in [0.1, 0.15) is 31.9 Å². The van der Waals surface area contributed by atoms with Gasteiger partial charge in [0.1, 0.15) is 0 Å². The highest BCUT2D eigenvalue weighted by atomic mass is 15.4. The van der Waals surface area contributed by atoms with Crippen molar-refractivity contribution < 1.29 is 0 Å². The molecule has 0 fully saturated rings. The Morgan fingerprint density at radius 1 is 1.00 bits per heavy atom. The molecule has 140 valence electrons. The summed E-state index contributed by atoms with van der Waals surface area (Å²) in [7, 11) is 0. The van der Waals surface area contributed by atoms with Gasteiger partial charge in [-0.15, -0.1) is 5.10 Å². The summed E-state index contributed by atoms with van der Waals surface area (Å²) in [4.78, 5) is 9.18. The predicted octanol–water partition coefficient (Wildman–Crippen LogP) is 4.75. The third kappa shape index (κ3) is 4.61. The molecule has 0 unspecified atom stereocenters. The van der Waals surface area contributed by atoms with E-state index in [1.54, 1.807) is 6.20 Å². The minimum absolute atomic E-state index is 0.260. The molecule has 3 aromatic rings. The molecule has 1 aromatic heterocycles. The molecule has 0 saturated carbocycles. The molecule has 0 aliphatic carbocycles. The van der Waals surface area contributed by atoms with E-state index < -0.39 is 0 Å². The molecule has 5 heteroatoms. The molecule has 0 aliphatic rings. The molecule has 3 rings (SSSR count). The minimum Gasteiger partial charge on any atom is -0.333 e. The second kappa shape index (κ2) is 8.62.